The number of methoxy groups -OCH3 is 1. The molecule has 1 aliphatic rings. The molecule has 0 bridgehead atoms. The van der Waals surface area contributed by atoms with E-state index in [1.54, 1.807) is 31.4 Å². The zero-order valence-electron chi connectivity index (χ0n) is 17.6. The highest BCUT2D eigenvalue weighted by Gasteiger charge is 2.12. The van der Waals surface area contributed by atoms with Gasteiger partial charge in [-0.2, -0.15) is 0 Å². The lowest BCUT2D eigenvalue weighted by atomic mass is 10.2. The number of rotatable bonds is 10. The van der Waals surface area contributed by atoms with E-state index in [1.165, 1.54) is 18.9 Å². The van der Waals surface area contributed by atoms with Crippen molar-refractivity contribution in [3.05, 3.63) is 48.0 Å². The quantitative estimate of drug-likeness (QED) is 0.436. The third kappa shape index (κ3) is 6.17. The normalized spacial score (nSPS) is 12.6. The van der Waals surface area contributed by atoms with Gasteiger partial charge in [0.25, 0.3) is 0 Å². The summed E-state index contributed by atoms with van der Waals surface area (Å²) in [6, 6.07) is 11.0. The summed E-state index contributed by atoms with van der Waals surface area (Å²) in [6.07, 6.45) is 7.83. The van der Waals surface area contributed by atoms with Crippen molar-refractivity contribution in [1.82, 2.24) is 0 Å². The first-order valence-corrected chi connectivity index (χ1v) is 10.4. The molecule has 1 heterocycles. The van der Waals surface area contributed by atoms with Crippen LogP contribution in [0.15, 0.2) is 42.5 Å². The van der Waals surface area contributed by atoms with E-state index in [4.69, 9.17) is 18.9 Å². The maximum absolute atomic E-state index is 12.3. The Labute approximate surface area is 177 Å². The second-order valence-electron chi connectivity index (χ2n) is 7.00. The first kappa shape index (κ1) is 21.6. The molecule has 0 aromatic heterocycles. The molecule has 160 valence electrons. The van der Waals surface area contributed by atoms with E-state index in [0.29, 0.717) is 48.5 Å². The van der Waals surface area contributed by atoms with Crippen molar-refractivity contribution >= 4 is 17.7 Å². The number of nitrogens with one attached hydrogen (secondary N) is 1. The zero-order chi connectivity index (χ0) is 21.2. The molecule has 0 spiro atoms. The van der Waals surface area contributed by atoms with Crippen LogP contribution in [0.3, 0.4) is 0 Å². The van der Waals surface area contributed by atoms with Crippen molar-refractivity contribution in [2.75, 3.05) is 32.2 Å². The van der Waals surface area contributed by atoms with Crippen LogP contribution in [-0.4, -0.2) is 32.8 Å². The van der Waals surface area contributed by atoms with Crippen LogP contribution in [-0.2, 0) is 4.79 Å². The molecule has 1 N–H and O–H groups in total. The molecule has 1 aliphatic heterocycles. The molecule has 0 saturated heterocycles. The van der Waals surface area contributed by atoms with E-state index in [9.17, 15) is 4.79 Å². The van der Waals surface area contributed by atoms with Gasteiger partial charge in [-0.25, -0.2) is 0 Å². The van der Waals surface area contributed by atoms with Gasteiger partial charge in [-0.05, 0) is 42.3 Å². The summed E-state index contributed by atoms with van der Waals surface area (Å²) in [5.41, 5.74) is 1.50. The molecular formula is C24H29NO5. The Balaban J connectivity index is 1.56. The molecule has 0 atom stereocenters. The average molecular weight is 411 g/mol. The minimum Gasteiger partial charge on any atom is -0.493 e. The molecule has 0 fully saturated rings. The lowest BCUT2D eigenvalue weighted by molar-refractivity contribution is -0.111. The number of ether oxygens (including phenoxy) is 4. The van der Waals surface area contributed by atoms with Gasteiger partial charge in [0.05, 0.1) is 13.7 Å². The van der Waals surface area contributed by atoms with Gasteiger partial charge in [-0.15, -0.1) is 0 Å². The van der Waals surface area contributed by atoms with Crippen molar-refractivity contribution in [3.63, 3.8) is 0 Å². The molecular weight excluding hydrogens is 382 g/mol. The number of amides is 1. The number of unbranched alkanes of at least 4 members (excludes halogenated alkanes) is 3. The summed E-state index contributed by atoms with van der Waals surface area (Å²) in [5, 5.41) is 2.83. The van der Waals surface area contributed by atoms with Crippen LogP contribution in [0.5, 0.6) is 23.0 Å². The van der Waals surface area contributed by atoms with Crippen LogP contribution in [0.25, 0.3) is 6.08 Å². The van der Waals surface area contributed by atoms with Crippen LogP contribution < -0.4 is 24.3 Å². The lowest BCUT2D eigenvalue weighted by Crippen LogP contribution is -2.16. The standard InChI is InChI=1S/C24H29NO5/c1-3-4-5-6-13-28-20-10-7-18(16-22(20)27-2)8-12-24(26)25-19-9-11-21-23(17-19)30-15-14-29-21/h7-12,16-17H,3-6,13-15H2,1-2H3,(H,25,26). The van der Waals surface area contributed by atoms with Crippen LogP contribution in [0.2, 0.25) is 0 Å². The number of anilines is 1. The van der Waals surface area contributed by atoms with Gasteiger partial charge >= 0.3 is 0 Å². The molecule has 0 saturated carbocycles. The molecule has 6 nitrogen and oxygen atoms in total. The number of carbonyl (C=O) groups is 1. The fourth-order valence-electron chi connectivity index (χ4n) is 3.10. The number of carbonyl (C=O) groups excluding carboxylic acids is 1. The van der Waals surface area contributed by atoms with Crippen LogP contribution in [0, 0.1) is 0 Å². The summed E-state index contributed by atoms with van der Waals surface area (Å²) in [4.78, 5) is 12.3. The van der Waals surface area contributed by atoms with Crippen LogP contribution in [0.4, 0.5) is 5.69 Å². The minimum atomic E-state index is -0.234. The summed E-state index contributed by atoms with van der Waals surface area (Å²) >= 11 is 0. The first-order valence-electron chi connectivity index (χ1n) is 10.4. The zero-order valence-corrected chi connectivity index (χ0v) is 17.6. The summed E-state index contributed by atoms with van der Waals surface area (Å²) < 4.78 is 22.3. The van der Waals surface area contributed by atoms with Crippen LogP contribution >= 0.6 is 0 Å². The number of hydrogen-bond donors (Lipinski definition) is 1. The fraction of sp³-hybridized carbons (Fsp3) is 0.375. The van der Waals surface area contributed by atoms with E-state index in [-0.39, 0.29) is 5.91 Å². The molecule has 0 unspecified atom stereocenters. The average Bonchev–Trinajstić information content (AvgIpc) is 2.78. The van der Waals surface area contributed by atoms with Gasteiger partial charge in [0, 0.05) is 17.8 Å². The Morgan fingerprint density at radius 3 is 2.67 bits per heavy atom. The van der Waals surface area contributed by atoms with E-state index >= 15 is 0 Å². The highest BCUT2D eigenvalue weighted by Crippen LogP contribution is 2.32. The van der Waals surface area contributed by atoms with E-state index in [1.807, 2.05) is 18.2 Å². The van der Waals surface area contributed by atoms with Crippen molar-refractivity contribution in [3.8, 4) is 23.0 Å². The number of hydrogen-bond acceptors (Lipinski definition) is 5. The molecule has 2 aromatic carbocycles. The predicted octanol–water partition coefficient (Wildman–Crippen LogP) is 5.08. The molecule has 0 aliphatic carbocycles. The van der Waals surface area contributed by atoms with Crippen molar-refractivity contribution in [2.45, 2.75) is 32.6 Å². The van der Waals surface area contributed by atoms with E-state index in [2.05, 4.69) is 12.2 Å². The molecule has 2 aromatic rings. The third-order valence-corrected chi connectivity index (χ3v) is 4.68. The van der Waals surface area contributed by atoms with Crippen molar-refractivity contribution < 1.29 is 23.7 Å². The maximum atomic E-state index is 12.3. The Kier molecular flexibility index (Phi) is 8.01. The largest absolute Gasteiger partial charge is 0.493 e. The van der Waals surface area contributed by atoms with Gasteiger partial charge in [0.15, 0.2) is 23.0 Å². The Morgan fingerprint density at radius 1 is 1.03 bits per heavy atom. The summed E-state index contributed by atoms with van der Waals surface area (Å²) in [7, 11) is 1.61. The molecule has 30 heavy (non-hydrogen) atoms. The number of benzene rings is 2. The van der Waals surface area contributed by atoms with Crippen LogP contribution in [0.1, 0.15) is 38.2 Å². The minimum absolute atomic E-state index is 0.234. The maximum Gasteiger partial charge on any atom is 0.248 e. The highest BCUT2D eigenvalue weighted by atomic mass is 16.6. The van der Waals surface area contributed by atoms with Gasteiger partial charge < -0.3 is 24.3 Å². The second-order valence-corrected chi connectivity index (χ2v) is 7.00. The van der Waals surface area contributed by atoms with Crippen molar-refractivity contribution in [2.24, 2.45) is 0 Å². The van der Waals surface area contributed by atoms with Crippen molar-refractivity contribution in [1.29, 1.82) is 0 Å². The smallest absolute Gasteiger partial charge is 0.248 e. The molecule has 1 amide bonds. The lowest BCUT2D eigenvalue weighted by Gasteiger charge is -2.18. The summed E-state index contributed by atoms with van der Waals surface area (Å²) in [5.74, 6) is 2.46. The Hall–Kier alpha value is -3.15. The fourth-order valence-corrected chi connectivity index (χ4v) is 3.10. The molecule has 3 rings (SSSR count). The van der Waals surface area contributed by atoms with Gasteiger partial charge in [-0.3, -0.25) is 4.79 Å². The Morgan fingerprint density at radius 2 is 1.87 bits per heavy atom. The topological polar surface area (TPSA) is 66.0 Å². The predicted molar refractivity (Wildman–Crippen MR) is 118 cm³/mol. The monoisotopic (exact) mass is 411 g/mol. The third-order valence-electron chi connectivity index (χ3n) is 4.68. The second kappa shape index (κ2) is 11.1. The highest BCUT2D eigenvalue weighted by molar-refractivity contribution is 6.02. The molecule has 6 heteroatoms. The SMILES string of the molecule is CCCCCCOc1ccc(C=CC(=O)Nc2ccc3c(c2)OCCO3)cc1OC. The molecule has 0 radical (unpaired) electrons. The van der Waals surface area contributed by atoms with Gasteiger partial charge in [-0.1, -0.05) is 32.3 Å². The van der Waals surface area contributed by atoms with E-state index < -0.39 is 0 Å². The van der Waals surface area contributed by atoms with Gasteiger partial charge in [0.1, 0.15) is 13.2 Å². The summed E-state index contributed by atoms with van der Waals surface area (Å²) in [6.45, 7) is 3.90. The van der Waals surface area contributed by atoms with E-state index in [0.717, 1.165) is 18.4 Å². The van der Waals surface area contributed by atoms with Gasteiger partial charge in [0.2, 0.25) is 5.91 Å². The first-order chi connectivity index (χ1) is 14.7. The Bertz CT molecular complexity index is 878. The number of fused-ring (bicyclic) bond motifs is 1.